The van der Waals surface area contributed by atoms with Crippen molar-refractivity contribution in [1.82, 2.24) is 0 Å². The predicted molar refractivity (Wildman–Crippen MR) is 120 cm³/mol. The number of carbonyl (C=O) groups excluding carboxylic acids is 1. The minimum Gasteiger partial charge on any atom is -0.473 e. The Labute approximate surface area is 179 Å². The summed E-state index contributed by atoms with van der Waals surface area (Å²) in [4.78, 5) is 13.6. The summed E-state index contributed by atoms with van der Waals surface area (Å²) >= 11 is 6.71. The number of rotatable bonds is 1. The monoisotopic (exact) mass is 408 g/mol. The van der Waals surface area contributed by atoms with Gasteiger partial charge in [-0.2, -0.15) is 0 Å². The van der Waals surface area contributed by atoms with Gasteiger partial charge in [-0.25, -0.2) is 0 Å². The molecule has 1 spiro atoms. The average molecular weight is 409 g/mol. The molecule has 1 heterocycles. The molecule has 0 bridgehead atoms. The van der Waals surface area contributed by atoms with Crippen LogP contribution in [0, 0.1) is 0 Å². The van der Waals surface area contributed by atoms with Crippen LogP contribution in [-0.4, -0.2) is 5.78 Å². The van der Waals surface area contributed by atoms with Gasteiger partial charge in [0.1, 0.15) is 5.75 Å². The number of hydrogen-bond donors (Lipinski definition) is 0. The standard InChI is InChI=1S/C27H17ClO2/c28-22-12-6-4-10-20(22)26-25-19-9-3-1-7-17(19)13-15-23(25)30-27(26)21-11-5-2-8-18(21)14-16-24(27)29/h1-16,26H/t26-,27-/m1/s1. The molecule has 4 aromatic rings. The van der Waals surface area contributed by atoms with Gasteiger partial charge in [0.05, 0.1) is 5.92 Å². The summed E-state index contributed by atoms with van der Waals surface area (Å²) in [5.74, 6) is 0.314. The summed E-state index contributed by atoms with van der Waals surface area (Å²) in [7, 11) is 0. The molecule has 30 heavy (non-hydrogen) atoms. The van der Waals surface area contributed by atoms with Gasteiger partial charge in [-0.15, -0.1) is 0 Å². The lowest BCUT2D eigenvalue weighted by Crippen LogP contribution is -2.45. The van der Waals surface area contributed by atoms with Crippen molar-refractivity contribution in [3.8, 4) is 5.75 Å². The zero-order valence-electron chi connectivity index (χ0n) is 16.0. The summed E-state index contributed by atoms with van der Waals surface area (Å²) in [5.41, 5.74) is 2.60. The van der Waals surface area contributed by atoms with E-state index in [4.69, 9.17) is 16.3 Å². The molecule has 144 valence electrons. The van der Waals surface area contributed by atoms with Crippen molar-refractivity contribution in [1.29, 1.82) is 0 Å². The van der Waals surface area contributed by atoms with Crippen molar-refractivity contribution in [2.75, 3.05) is 0 Å². The lowest BCUT2D eigenvalue weighted by atomic mass is 9.69. The highest BCUT2D eigenvalue weighted by Crippen LogP contribution is 2.58. The van der Waals surface area contributed by atoms with E-state index in [9.17, 15) is 4.79 Å². The number of benzene rings is 4. The number of ketones is 1. The highest BCUT2D eigenvalue weighted by Gasteiger charge is 2.57. The molecule has 0 aromatic heterocycles. The molecular formula is C27H17ClO2. The number of hydrogen-bond acceptors (Lipinski definition) is 2. The third-order valence-corrected chi connectivity index (χ3v) is 6.60. The Balaban J connectivity index is 1.75. The molecule has 2 atom stereocenters. The second-order valence-corrected chi connectivity index (χ2v) is 8.18. The zero-order chi connectivity index (χ0) is 20.3. The van der Waals surface area contributed by atoms with E-state index in [1.165, 1.54) is 0 Å². The predicted octanol–water partition coefficient (Wildman–Crippen LogP) is 6.51. The van der Waals surface area contributed by atoms with Crippen LogP contribution in [0.5, 0.6) is 5.75 Å². The lowest BCUT2D eigenvalue weighted by molar-refractivity contribution is -0.130. The Morgan fingerprint density at radius 2 is 1.57 bits per heavy atom. The van der Waals surface area contributed by atoms with E-state index in [1.54, 1.807) is 6.08 Å². The zero-order valence-corrected chi connectivity index (χ0v) is 16.8. The van der Waals surface area contributed by atoms with Gasteiger partial charge in [0.2, 0.25) is 11.4 Å². The van der Waals surface area contributed by atoms with Gasteiger partial charge in [-0.1, -0.05) is 90.5 Å². The quantitative estimate of drug-likeness (QED) is 0.359. The van der Waals surface area contributed by atoms with Crippen molar-refractivity contribution in [2.24, 2.45) is 0 Å². The van der Waals surface area contributed by atoms with Crippen LogP contribution in [0.3, 0.4) is 0 Å². The Morgan fingerprint density at radius 3 is 2.47 bits per heavy atom. The van der Waals surface area contributed by atoms with Crippen LogP contribution in [0.1, 0.15) is 28.2 Å². The van der Waals surface area contributed by atoms with Crippen molar-refractivity contribution in [3.63, 3.8) is 0 Å². The first-order valence-corrected chi connectivity index (χ1v) is 10.3. The smallest absolute Gasteiger partial charge is 0.207 e. The first-order chi connectivity index (χ1) is 14.7. The van der Waals surface area contributed by atoms with Crippen molar-refractivity contribution < 1.29 is 9.53 Å². The molecule has 0 unspecified atom stereocenters. The summed E-state index contributed by atoms with van der Waals surface area (Å²) in [6, 6.07) is 28.0. The van der Waals surface area contributed by atoms with Crippen molar-refractivity contribution in [3.05, 3.63) is 118 Å². The van der Waals surface area contributed by atoms with Gasteiger partial charge < -0.3 is 4.74 Å². The lowest BCUT2D eigenvalue weighted by Gasteiger charge is -2.36. The van der Waals surface area contributed by atoms with Gasteiger partial charge in [-0.05, 0) is 40.1 Å². The second kappa shape index (κ2) is 6.32. The van der Waals surface area contributed by atoms with Crippen molar-refractivity contribution in [2.45, 2.75) is 11.5 Å². The van der Waals surface area contributed by atoms with Crippen LogP contribution in [0.4, 0.5) is 0 Å². The Morgan fingerprint density at radius 1 is 0.800 bits per heavy atom. The minimum atomic E-state index is -1.18. The largest absolute Gasteiger partial charge is 0.473 e. The van der Waals surface area contributed by atoms with Gasteiger partial charge in [0.25, 0.3) is 0 Å². The third-order valence-electron chi connectivity index (χ3n) is 6.25. The summed E-state index contributed by atoms with van der Waals surface area (Å²) in [6.07, 6.45) is 3.51. The van der Waals surface area contributed by atoms with E-state index in [2.05, 4.69) is 12.1 Å². The fraction of sp³-hybridized carbons (Fsp3) is 0.0741. The number of ether oxygens (including phenoxy) is 1. The van der Waals surface area contributed by atoms with Crippen LogP contribution in [0.15, 0.2) is 91.0 Å². The van der Waals surface area contributed by atoms with E-state index in [0.717, 1.165) is 38.8 Å². The fourth-order valence-corrected chi connectivity index (χ4v) is 5.23. The maximum atomic E-state index is 13.6. The highest BCUT2D eigenvalue weighted by molar-refractivity contribution is 6.31. The molecule has 0 N–H and O–H groups in total. The summed E-state index contributed by atoms with van der Waals surface area (Å²) in [5, 5.41) is 2.82. The van der Waals surface area contributed by atoms with Gasteiger partial charge in [0.15, 0.2) is 0 Å². The molecule has 2 aliphatic rings. The molecule has 0 radical (unpaired) electrons. The molecule has 1 aliphatic heterocycles. The van der Waals surface area contributed by atoms with E-state index in [0.29, 0.717) is 5.02 Å². The van der Waals surface area contributed by atoms with Gasteiger partial charge in [0, 0.05) is 16.1 Å². The normalized spacial score (nSPS) is 21.5. The Kier molecular flexibility index (Phi) is 3.68. The van der Waals surface area contributed by atoms with E-state index < -0.39 is 5.60 Å². The second-order valence-electron chi connectivity index (χ2n) is 7.78. The first-order valence-electron chi connectivity index (χ1n) is 9.97. The fourth-order valence-electron chi connectivity index (χ4n) is 4.99. The molecule has 0 amide bonds. The van der Waals surface area contributed by atoms with Crippen molar-refractivity contribution >= 4 is 34.2 Å². The minimum absolute atomic E-state index is 0.0635. The highest BCUT2D eigenvalue weighted by atomic mass is 35.5. The molecule has 0 saturated heterocycles. The molecular weight excluding hydrogens is 392 g/mol. The number of halogens is 1. The molecule has 6 rings (SSSR count). The topological polar surface area (TPSA) is 26.3 Å². The van der Waals surface area contributed by atoms with Crippen LogP contribution < -0.4 is 4.74 Å². The van der Waals surface area contributed by atoms with E-state index in [-0.39, 0.29) is 11.7 Å². The maximum absolute atomic E-state index is 13.6. The van der Waals surface area contributed by atoms with Crippen LogP contribution in [0.25, 0.3) is 16.8 Å². The van der Waals surface area contributed by atoms with Gasteiger partial charge in [-0.3, -0.25) is 4.79 Å². The van der Waals surface area contributed by atoms with Gasteiger partial charge >= 0.3 is 0 Å². The molecule has 1 aliphatic carbocycles. The summed E-state index contributed by atoms with van der Waals surface area (Å²) in [6.45, 7) is 0. The van der Waals surface area contributed by atoms with E-state index in [1.807, 2.05) is 78.9 Å². The molecule has 4 aromatic carbocycles. The average Bonchev–Trinajstić information content (AvgIpc) is 3.13. The molecule has 2 nitrogen and oxygen atoms in total. The van der Waals surface area contributed by atoms with Crippen LogP contribution in [0.2, 0.25) is 5.02 Å². The SMILES string of the molecule is O=C1C=Cc2ccccc2[C@@]12Oc1ccc3ccccc3c1[C@H]2c1ccccc1Cl. The Hall–Kier alpha value is -3.36. The first kappa shape index (κ1) is 17.5. The number of carbonyl (C=O) groups is 1. The third kappa shape index (κ3) is 2.23. The summed E-state index contributed by atoms with van der Waals surface area (Å²) < 4.78 is 6.64. The number of fused-ring (bicyclic) bond motifs is 5. The van der Waals surface area contributed by atoms with Crippen LogP contribution in [-0.2, 0) is 10.4 Å². The van der Waals surface area contributed by atoms with E-state index >= 15 is 0 Å². The van der Waals surface area contributed by atoms with Crippen LogP contribution >= 0.6 is 11.6 Å². The maximum Gasteiger partial charge on any atom is 0.207 e. The molecule has 3 heteroatoms. The molecule has 0 saturated carbocycles. The Bertz CT molecular complexity index is 1370. The molecule has 0 fully saturated rings.